The molecule has 0 spiro atoms. The number of carboxylic acids is 1. The molecule has 1 saturated heterocycles. The SMILES string of the molecule is CC(C)(C)OC(=O)N1CCCN(C(=O)OCc2ccccc2)CC1C(=O)[O-].[Cs+]. The number of carbonyl (C=O) groups excluding carboxylic acids is 3. The summed E-state index contributed by atoms with van der Waals surface area (Å²) in [4.78, 5) is 38.7. The molecule has 1 fully saturated rings. The summed E-state index contributed by atoms with van der Waals surface area (Å²) in [6.07, 6.45) is -0.962. The van der Waals surface area contributed by atoms with Gasteiger partial charge in [0.15, 0.2) is 0 Å². The molecule has 1 unspecified atom stereocenters. The Balaban J connectivity index is 0.00000392. The van der Waals surface area contributed by atoms with Crippen LogP contribution in [0.25, 0.3) is 0 Å². The molecule has 0 saturated carbocycles. The summed E-state index contributed by atoms with van der Waals surface area (Å²) in [5.74, 6) is -1.44. The van der Waals surface area contributed by atoms with Crippen molar-refractivity contribution >= 4 is 18.2 Å². The van der Waals surface area contributed by atoms with Crippen LogP contribution >= 0.6 is 0 Å². The molecule has 2 rings (SSSR count). The van der Waals surface area contributed by atoms with Crippen LogP contribution in [0.5, 0.6) is 0 Å². The average Bonchev–Trinajstić information content (AvgIpc) is 2.82. The number of carbonyl (C=O) groups is 3. The second-order valence-corrected chi connectivity index (χ2v) is 7.35. The van der Waals surface area contributed by atoms with Crippen LogP contribution in [0.2, 0.25) is 0 Å². The largest absolute Gasteiger partial charge is 1.00 e. The van der Waals surface area contributed by atoms with Crippen LogP contribution in [0.15, 0.2) is 30.3 Å². The summed E-state index contributed by atoms with van der Waals surface area (Å²) >= 11 is 0. The molecular weight excluding hydrogens is 485 g/mol. The van der Waals surface area contributed by atoms with Crippen LogP contribution < -0.4 is 74.0 Å². The first-order valence-corrected chi connectivity index (χ1v) is 8.83. The van der Waals surface area contributed by atoms with E-state index in [1.807, 2.05) is 30.3 Å². The van der Waals surface area contributed by atoms with Gasteiger partial charge < -0.3 is 24.3 Å². The number of ether oxygens (including phenoxy) is 2. The zero-order valence-electron chi connectivity index (χ0n) is 16.8. The maximum Gasteiger partial charge on any atom is 1.00 e. The predicted octanol–water partition coefficient (Wildman–Crippen LogP) is -1.61. The number of hydrogen-bond acceptors (Lipinski definition) is 6. The van der Waals surface area contributed by atoms with Crippen LogP contribution in [0.1, 0.15) is 32.8 Å². The fraction of sp³-hybridized carbons (Fsp3) is 0.526. The summed E-state index contributed by atoms with van der Waals surface area (Å²) in [7, 11) is 0. The number of hydrogen-bond donors (Lipinski definition) is 0. The van der Waals surface area contributed by atoms with Gasteiger partial charge in [0.25, 0.3) is 0 Å². The van der Waals surface area contributed by atoms with E-state index in [0.717, 1.165) is 10.5 Å². The summed E-state index contributed by atoms with van der Waals surface area (Å²) in [6.45, 7) is 5.39. The van der Waals surface area contributed by atoms with Gasteiger partial charge in [-0.05, 0) is 32.8 Å². The van der Waals surface area contributed by atoms with Crippen molar-refractivity contribution in [3.05, 3.63) is 35.9 Å². The second kappa shape index (κ2) is 11.5. The van der Waals surface area contributed by atoms with Gasteiger partial charge in [-0.1, -0.05) is 30.3 Å². The zero-order valence-corrected chi connectivity index (χ0v) is 23.1. The van der Waals surface area contributed by atoms with E-state index in [1.165, 1.54) is 4.90 Å². The topological polar surface area (TPSA) is 99.2 Å². The zero-order chi connectivity index (χ0) is 20.0. The van der Waals surface area contributed by atoms with E-state index in [1.54, 1.807) is 20.8 Å². The average molecular weight is 510 g/mol. The first kappa shape index (κ1) is 25.3. The third-order valence-electron chi connectivity index (χ3n) is 3.96. The first-order chi connectivity index (χ1) is 12.7. The van der Waals surface area contributed by atoms with Gasteiger partial charge in [-0.3, -0.25) is 4.90 Å². The van der Waals surface area contributed by atoms with Crippen LogP contribution in [0.3, 0.4) is 0 Å². The molecule has 0 radical (unpaired) electrons. The van der Waals surface area contributed by atoms with E-state index in [9.17, 15) is 19.5 Å². The third-order valence-corrected chi connectivity index (χ3v) is 3.96. The van der Waals surface area contributed by atoms with Crippen LogP contribution in [0.4, 0.5) is 9.59 Å². The number of amides is 2. The van der Waals surface area contributed by atoms with Crippen molar-refractivity contribution < 1.29 is 97.9 Å². The van der Waals surface area contributed by atoms with Crippen molar-refractivity contribution in [3.8, 4) is 0 Å². The molecule has 8 nitrogen and oxygen atoms in total. The molecule has 0 aromatic heterocycles. The monoisotopic (exact) mass is 510 g/mol. The van der Waals surface area contributed by atoms with Crippen molar-refractivity contribution in [2.75, 3.05) is 19.6 Å². The van der Waals surface area contributed by atoms with Gasteiger partial charge in [-0.15, -0.1) is 0 Å². The Hall–Kier alpha value is -0.718. The van der Waals surface area contributed by atoms with E-state index in [0.29, 0.717) is 6.42 Å². The van der Waals surface area contributed by atoms with Crippen molar-refractivity contribution in [3.63, 3.8) is 0 Å². The third kappa shape index (κ3) is 7.96. The molecule has 0 aliphatic carbocycles. The Morgan fingerprint density at radius 1 is 1.11 bits per heavy atom. The molecule has 0 N–H and O–H groups in total. The predicted molar refractivity (Wildman–Crippen MR) is 94.6 cm³/mol. The van der Waals surface area contributed by atoms with Crippen LogP contribution in [-0.4, -0.2) is 59.2 Å². The summed E-state index contributed by atoms with van der Waals surface area (Å²) in [5.41, 5.74) is 0.0706. The molecule has 2 amide bonds. The van der Waals surface area contributed by atoms with Crippen molar-refractivity contribution in [1.82, 2.24) is 9.80 Å². The van der Waals surface area contributed by atoms with Gasteiger partial charge >= 0.3 is 81.1 Å². The fourth-order valence-corrected chi connectivity index (χ4v) is 2.70. The molecule has 1 aromatic carbocycles. The fourth-order valence-electron chi connectivity index (χ4n) is 2.70. The molecule has 28 heavy (non-hydrogen) atoms. The van der Waals surface area contributed by atoms with Gasteiger partial charge in [0.2, 0.25) is 0 Å². The van der Waals surface area contributed by atoms with Crippen molar-refractivity contribution in [1.29, 1.82) is 0 Å². The summed E-state index contributed by atoms with van der Waals surface area (Å²) < 4.78 is 10.5. The van der Waals surface area contributed by atoms with Crippen molar-refractivity contribution in [2.45, 2.75) is 45.4 Å². The Bertz CT molecular complexity index is 677. The van der Waals surface area contributed by atoms with Crippen LogP contribution in [-0.2, 0) is 20.9 Å². The minimum atomic E-state index is -1.44. The first-order valence-electron chi connectivity index (χ1n) is 8.83. The van der Waals surface area contributed by atoms with E-state index >= 15 is 0 Å². The Morgan fingerprint density at radius 2 is 1.75 bits per heavy atom. The molecule has 1 aromatic rings. The van der Waals surface area contributed by atoms with E-state index < -0.39 is 29.8 Å². The van der Waals surface area contributed by atoms with E-state index in [4.69, 9.17) is 9.47 Å². The van der Waals surface area contributed by atoms with E-state index in [-0.39, 0.29) is 95.1 Å². The van der Waals surface area contributed by atoms with Crippen molar-refractivity contribution in [2.24, 2.45) is 0 Å². The summed E-state index contributed by atoms with van der Waals surface area (Å²) in [6, 6.07) is 7.87. The minimum Gasteiger partial charge on any atom is -0.548 e. The molecular formula is C19H25CsN2O6. The van der Waals surface area contributed by atoms with Crippen LogP contribution in [0, 0.1) is 0 Å². The molecule has 9 heteroatoms. The standard InChI is InChI=1S/C19H26N2O6.Cs/c1-19(2,3)27-18(25)21-11-7-10-20(12-15(21)16(22)23)17(24)26-13-14-8-5-4-6-9-14;/h4-6,8-9,15H,7,10-13H2,1-3H3,(H,22,23);/q;+1/p-1. The Morgan fingerprint density at radius 3 is 2.32 bits per heavy atom. The maximum absolute atomic E-state index is 12.4. The molecule has 148 valence electrons. The maximum atomic E-state index is 12.4. The Kier molecular flexibility index (Phi) is 10.4. The number of benzene rings is 1. The summed E-state index contributed by atoms with van der Waals surface area (Å²) in [5, 5.41) is 11.6. The second-order valence-electron chi connectivity index (χ2n) is 7.35. The van der Waals surface area contributed by atoms with Gasteiger partial charge in [-0.2, -0.15) is 0 Å². The molecule has 1 aliphatic heterocycles. The van der Waals surface area contributed by atoms with E-state index in [2.05, 4.69) is 0 Å². The number of nitrogens with zero attached hydrogens (tertiary/aromatic N) is 2. The van der Waals surface area contributed by atoms with Gasteiger partial charge in [0.05, 0.1) is 12.0 Å². The molecule has 1 heterocycles. The number of rotatable bonds is 3. The molecule has 0 bridgehead atoms. The smallest absolute Gasteiger partial charge is 0.548 e. The number of aliphatic carboxylic acids is 1. The quantitative estimate of drug-likeness (QED) is 0.486. The van der Waals surface area contributed by atoms with Gasteiger partial charge in [-0.25, -0.2) is 9.59 Å². The minimum absolute atomic E-state index is 0. The van der Waals surface area contributed by atoms with Gasteiger partial charge in [0, 0.05) is 19.6 Å². The normalized spacial score (nSPS) is 17.2. The Labute approximate surface area is 224 Å². The van der Waals surface area contributed by atoms with Gasteiger partial charge in [0.1, 0.15) is 12.2 Å². The number of carboxylic acid groups (broad SMARTS) is 1. The molecule has 1 atom stereocenters. The molecule has 1 aliphatic rings.